The van der Waals surface area contributed by atoms with E-state index in [0.717, 1.165) is 30.8 Å². The topological polar surface area (TPSA) is 71.9 Å². The first-order valence-electron chi connectivity index (χ1n) is 11.3. The lowest BCUT2D eigenvalue weighted by Crippen LogP contribution is -3.13. The fraction of sp³-hybridized carbons (Fsp3) is 0.440. The monoisotopic (exact) mass is 424 g/mol. The minimum atomic E-state index is -0.178. The van der Waals surface area contributed by atoms with Crippen LogP contribution >= 0.6 is 0 Å². The van der Waals surface area contributed by atoms with Gasteiger partial charge in [0.15, 0.2) is 6.54 Å². The zero-order chi connectivity index (χ0) is 21.9. The van der Waals surface area contributed by atoms with Crippen LogP contribution < -0.4 is 20.3 Å². The molecule has 1 aliphatic heterocycles. The summed E-state index contributed by atoms with van der Waals surface area (Å²) in [7, 11) is 1.64. The van der Waals surface area contributed by atoms with Crippen molar-refractivity contribution in [1.29, 1.82) is 0 Å². The quantitative estimate of drug-likeness (QED) is 0.610. The van der Waals surface area contributed by atoms with Crippen molar-refractivity contribution in [2.75, 3.05) is 38.6 Å². The van der Waals surface area contributed by atoms with Gasteiger partial charge in [-0.1, -0.05) is 30.7 Å². The molecule has 2 aromatic rings. The van der Waals surface area contributed by atoms with E-state index in [4.69, 9.17) is 4.74 Å². The lowest BCUT2D eigenvalue weighted by atomic mass is 10.1. The summed E-state index contributed by atoms with van der Waals surface area (Å²) in [4.78, 5) is 26.7. The maximum absolute atomic E-state index is 12.7. The number of hydrogen-bond donors (Lipinski definition) is 3. The third kappa shape index (κ3) is 7.40. The minimum Gasteiger partial charge on any atom is -0.497 e. The number of benzene rings is 2. The number of para-hydroxylation sites is 1. The maximum atomic E-state index is 12.7. The highest BCUT2D eigenvalue weighted by Crippen LogP contribution is 2.15. The van der Waals surface area contributed by atoms with Crippen LogP contribution in [0.4, 0.5) is 5.69 Å². The van der Waals surface area contributed by atoms with Crippen molar-refractivity contribution in [3.8, 4) is 5.75 Å². The van der Waals surface area contributed by atoms with E-state index in [1.807, 2.05) is 36.4 Å². The first kappa shape index (κ1) is 22.8. The molecule has 6 heteroatoms. The fourth-order valence-corrected chi connectivity index (χ4v) is 4.00. The molecule has 0 atom stereocenters. The Morgan fingerprint density at radius 1 is 0.935 bits per heavy atom. The van der Waals surface area contributed by atoms with Crippen molar-refractivity contribution >= 4 is 17.5 Å². The predicted molar refractivity (Wildman–Crippen MR) is 123 cm³/mol. The number of hydrogen-bond acceptors (Lipinski definition) is 3. The Bertz CT molecular complexity index is 843. The summed E-state index contributed by atoms with van der Waals surface area (Å²) < 4.78 is 5.17. The van der Waals surface area contributed by atoms with Gasteiger partial charge in [0.1, 0.15) is 5.75 Å². The average molecular weight is 425 g/mol. The van der Waals surface area contributed by atoms with Gasteiger partial charge in [0.25, 0.3) is 11.8 Å². The molecule has 6 nitrogen and oxygen atoms in total. The Balaban J connectivity index is 1.52. The molecule has 0 radical (unpaired) electrons. The number of nitrogens with one attached hydrogen (secondary N) is 3. The number of carbonyl (C=O) groups is 2. The second kappa shape index (κ2) is 12.1. The van der Waals surface area contributed by atoms with Crippen LogP contribution in [0.5, 0.6) is 5.75 Å². The molecule has 3 N–H and O–H groups in total. The van der Waals surface area contributed by atoms with Crippen molar-refractivity contribution in [2.45, 2.75) is 38.5 Å². The Hall–Kier alpha value is -2.86. The van der Waals surface area contributed by atoms with Crippen molar-refractivity contribution in [3.05, 3.63) is 59.7 Å². The number of carbonyl (C=O) groups excluding carboxylic acids is 2. The summed E-state index contributed by atoms with van der Waals surface area (Å²) >= 11 is 0. The van der Waals surface area contributed by atoms with Crippen molar-refractivity contribution < 1.29 is 19.2 Å². The number of amides is 2. The second-order valence-corrected chi connectivity index (χ2v) is 8.14. The highest BCUT2D eigenvalue weighted by Gasteiger charge is 2.18. The number of methoxy groups -OCH3 is 1. The standard InChI is InChI=1S/C25H33N3O3/c1-31-21-13-11-20(12-14-21)15-16-26-25(30)22-9-5-6-10-23(22)27-24(29)19-28-17-7-3-2-4-8-18-28/h5-6,9-14H,2-4,7-8,15-19H2,1H3,(H,26,30)(H,27,29)/p+1. The third-order valence-electron chi connectivity index (χ3n) is 5.78. The Morgan fingerprint density at radius 2 is 1.61 bits per heavy atom. The summed E-state index contributed by atoms with van der Waals surface area (Å²) in [6.07, 6.45) is 6.89. The van der Waals surface area contributed by atoms with Gasteiger partial charge >= 0.3 is 0 Å². The molecule has 1 fully saturated rings. The SMILES string of the molecule is COc1ccc(CCNC(=O)c2ccccc2NC(=O)C[NH+]2CCCCCCC2)cc1. The van der Waals surface area contributed by atoms with Gasteiger partial charge in [0, 0.05) is 6.54 Å². The molecule has 1 heterocycles. The van der Waals surface area contributed by atoms with E-state index in [-0.39, 0.29) is 11.8 Å². The van der Waals surface area contributed by atoms with E-state index >= 15 is 0 Å². The zero-order valence-electron chi connectivity index (χ0n) is 18.4. The molecule has 2 aromatic carbocycles. The van der Waals surface area contributed by atoms with Crippen molar-refractivity contribution in [3.63, 3.8) is 0 Å². The zero-order valence-corrected chi connectivity index (χ0v) is 18.4. The maximum Gasteiger partial charge on any atom is 0.279 e. The van der Waals surface area contributed by atoms with E-state index in [1.54, 1.807) is 19.2 Å². The van der Waals surface area contributed by atoms with Gasteiger partial charge in [0.05, 0.1) is 31.5 Å². The van der Waals surface area contributed by atoms with Gasteiger partial charge in [-0.15, -0.1) is 0 Å². The summed E-state index contributed by atoms with van der Waals surface area (Å²) in [6.45, 7) is 3.06. The first-order chi connectivity index (χ1) is 15.2. The first-order valence-corrected chi connectivity index (χ1v) is 11.3. The smallest absolute Gasteiger partial charge is 0.279 e. The van der Waals surface area contributed by atoms with Gasteiger partial charge < -0.3 is 20.3 Å². The number of rotatable bonds is 8. The predicted octanol–water partition coefficient (Wildman–Crippen LogP) is 2.46. The molecule has 0 aromatic heterocycles. The van der Waals surface area contributed by atoms with Crippen LogP contribution in [0, 0.1) is 0 Å². The van der Waals surface area contributed by atoms with E-state index in [1.165, 1.54) is 37.0 Å². The van der Waals surface area contributed by atoms with Gasteiger partial charge in [-0.3, -0.25) is 9.59 Å². The Kier molecular flexibility index (Phi) is 8.91. The summed E-state index contributed by atoms with van der Waals surface area (Å²) in [6, 6.07) is 15.0. The molecule has 1 aliphatic rings. The van der Waals surface area contributed by atoms with Gasteiger partial charge in [-0.2, -0.15) is 0 Å². The molecule has 0 spiro atoms. The highest BCUT2D eigenvalue weighted by molar-refractivity contribution is 6.03. The van der Waals surface area contributed by atoms with Crippen LogP contribution in [0.3, 0.4) is 0 Å². The Morgan fingerprint density at radius 3 is 2.32 bits per heavy atom. The molecular formula is C25H34N3O3+. The molecule has 0 saturated carbocycles. The van der Waals surface area contributed by atoms with Crippen LogP contribution in [-0.2, 0) is 11.2 Å². The molecule has 3 rings (SSSR count). The van der Waals surface area contributed by atoms with Crippen molar-refractivity contribution in [1.82, 2.24) is 5.32 Å². The largest absolute Gasteiger partial charge is 0.497 e. The molecule has 2 amide bonds. The average Bonchev–Trinajstić information content (AvgIpc) is 2.76. The molecule has 0 aliphatic carbocycles. The summed E-state index contributed by atoms with van der Waals surface area (Å²) in [5, 5.41) is 5.92. The fourth-order valence-electron chi connectivity index (χ4n) is 4.00. The van der Waals surface area contributed by atoms with Crippen LogP contribution in [-0.4, -0.2) is 45.1 Å². The lowest BCUT2D eigenvalue weighted by Gasteiger charge is -2.21. The van der Waals surface area contributed by atoms with Gasteiger partial charge in [-0.25, -0.2) is 0 Å². The van der Waals surface area contributed by atoms with Crippen molar-refractivity contribution in [2.24, 2.45) is 0 Å². The third-order valence-corrected chi connectivity index (χ3v) is 5.78. The Labute approximate surface area is 185 Å². The highest BCUT2D eigenvalue weighted by atomic mass is 16.5. The van der Waals surface area contributed by atoms with Gasteiger partial charge in [-0.05, 0) is 61.9 Å². The normalized spacial score (nSPS) is 14.9. The summed E-state index contributed by atoms with van der Waals surface area (Å²) in [5.41, 5.74) is 2.19. The number of likely N-dealkylation sites (tertiary alicyclic amines) is 1. The molecule has 0 unspecified atom stereocenters. The number of anilines is 1. The van der Waals surface area contributed by atoms with E-state index < -0.39 is 0 Å². The molecule has 31 heavy (non-hydrogen) atoms. The van der Waals surface area contributed by atoms with E-state index in [2.05, 4.69) is 10.6 Å². The minimum absolute atomic E-state index is 0.0333. The molecule has 0 bridgehead atoms. The van der Waals surface area contributed by atoms with Crippen LogP contribution in [0.15, 0.2) is 48.5 Å². The molecular weight excluding hydrogens is 390 g/mol. The van der Waals surface area contributed by atoms with Crippen LogP contribution in [0.1, 0.15) is 48.0 Å². The van der Waals surface area contributed by atoms with Crippen LogP contribution in [0.2, 0.25) is 0 Å². The van der Waals surface area contributed by atoms with Crippen LogP contribution in [0.25, 0.3) is 0 Å². The summed E-state index contributed by atoms with van der Waals surface area (Å²) in [5.74, 6) is 0.604. The van der Waals surface area contributed by atoms with E-state index in [9.17, 15) is 9.59 Å². The number of quaternary nitrogens is 1. The second-order valence-electron chi connectivity index (χ2n) is 8.14. The number of ether oxygens (including phenoxy) is 1. The lowest BCUT2D eigenvalue weighted by molar-refractivity contribution is -0.892. The van der Waals surface area contributed by atoms with Gasteiger partial charge in [0.2, 0.25) is 0 Å². The molecule has 1 saturated heterocycles. The molecule has 166 valence electrons. The van der Waals surface area contributed by atoms with E-state index in [0.29, 0.717) is 24.3 Å².